The summed E-state index contributed by atoms with van der Waals surface area (Å²) in [5.41, 5.74) is 8.96. The van der Waals surface area contributed by atoms with E-state index in [1.165, 1.54) is 0 Å². The van der Waals surface area contributed by atoms with E-state index in [1.54, 1.807) is 12.1 Å². The molecule has 1 amide bonds. The monoisotopic (exact) mass is 288 g/mol. The van der Waals surface area contributed by atoms with Gasteiger partial charge < -0.3 is 11.1 Å². The Hall–Kier alpha value is -2.00. The molecule has 2 aromatic rings. The molecule has 2 rings (SSSR count). The van der Waals surface area contributed by atoms with Crippen molar-refractivity contribution in [1.82, 2.24) is 5.32 Å². The third kappa shape index (κ3) is 3.11. The number of nitrogens with two attached hydrogens (primary N) is 1. The van der Waals surface area contributed by atoms with Crippen LogP contribution in [-0.4, -0.2) is 5.91 Å². The molecule has 0 heterocycles. The fourth-order valence-electron chi connectivity index (χ4n) is 2.10. The van der Waals surface area contributed by atoms with Gasteiger partial charge in [0.2, 0.25) is 0 Å². The number of hydrogen-bond donors (Lipinski definition) is 2. The number of halogens is 1. The first-order valence-corrected chi connectivity index (χ1v) is 6.78. The van der Waals surface area contributed by atoms with Gasteiger partial charge in [0.15, 0.2) is 0 Å². The average molecular weight is 289 g/mol. The Morgan fingerprint density at radius 1 is 1.25 bits per heavy atom. The second-order valence-corrected chi connectivity index (χ2v) is 5.22. The van der Waals surface area contributed by atoms with Crippen LogP contribution in [-0.2, 0) is 0 Å². The van der Waals surface area contributed by atoms with Gasteiger partial charge in [0.25, 0.3) is 5.91 Å². The minimum Gasteiger partial charge on any atom is -0.398 e. The van der Waals surface area contributed by atoms with Crippen LogP contribution in [0, 0.1) is 6.92 Å². The Bertz CT molecular complexity index is 640. The van der Waals surface area contributed by atoms with Crippen molar-refractivity contribution in [2.75, 3.05) is 5.73 Å². The molecule has 0 aromatic heterocycles. The highest BCUT2D eigenvalue weighted by Crippen LogP contribution is 2.21. The zero-order chi connectivity index (χ0) is 14.7. The molecule has 2 aromatic carbocycles. The second kappa shape index (κ2) is 5.97. The summed E-state index contributed by atoms with van der Waals surface area (Å²) >= 11 is 5.94. The van der Waals surface area contributed by atoms with Gasteiger partial charge in [0.05, 0.1) is 6.04 Å². The average Bonchev–Trinajstić information content (AvgIpc) is 2.41. The molecule has 0 saturated carbocycles. The summed E-state index contributed by atoms with van der Waals surface area (Å²) in [6, 6.07) is 12.6. The zero-order valence-electron chi connectivity index (χ0n) is 11.5. The topological polar surface area (TPSA) is 55.1 Å². The summed E-state index contributed by atoms with van der Waals surface area (Å²) in [5, 5.41) is 3.49. The zero-order valence-corrected chi connectivity index (χ0v) is 12.2. The first-order valence-electron chi connectivity index (χ1n) is 6.40. The number of hydrogen-bond acceptors (Lipinski definition) is 2. The number of carbonyl (C=O) groups excluding carboxylic acids is 1. The van der Waals surface area contributed by atoms with E-state index in [0.717, 1.165) is 11.1 Å². The minimum atomic E-state index is -0.165. The van der Waals surface area contributed by atoms with Crippen LogP contribution in [0.4, 0.5) is 5.69 Å². The maximum Gasteiger partial charge on any atom is 0.252 e. The number of carbonyl (C=O) groups is 1. The van der Waals surface area contributed by atoms with Crippen LogP contribution in [0.25, 0.3) is 0 Å². The molecule has 3 N–H and O–H groups in total. The standard InChI is InChI=1S/C16H17ClN2O/c1-10-7-8-12(17)9-14(10)16(20)19-11(2)13-5-3-4-6-15(13)18/h3-9,11H,18H2,1-2H3,(H,19,20). The summed E-state index contributed by atoms with van der Waals surface area (Å²) in [6.45, 7) is 3.79. The van der Waals surface area contributed by atoms with Crippen molar-refractivity contribution in [1.29, 1.82) is 0 Å². The molecular weight excluding hydrogens is 272 g/mol. The van der Waals surface area contributed by atoms with Gasteiger partial charge in [-0.2, -0.15) is 0 Å². The first kappa shape index (κ1) is 14.4. The molecule has 0 bridgehead atoms. The van der Waals surface area contributed by atoms with Crippen LogP contribution in [0.1, 0.15) is 34.5 Å². The summed E-state index contributed by atoms with van der Waals surface area (Å²) < 4.78 is 0. The number of aryl methyl sites for hydroxylation is 1. The number of rotatable bonds is 3. The Kier molecular flexibility index (Phi) is 4.30. The van der Waals surface area contributed by atoms with Gasteiger partial charge >= 0.3 is 0 Å². The predicted octanol–water partition coefficient (Wildman–Crippen LogP) is 3.72. The molecule has 0 saturated heterocycles. The summed E-state index contributed by atoms with van der Waals surface area (Å²) in [4.78, 5) is 12.3. The van der Waals surface area contributed by atoms with Gasteiger partial charge in [0, 0.05) is 16.3 Å². The number of amides is 1. The maximum absolute atomic E-state index is 12.3. The van der Waals surface area contributed by atoms with Gasteiger partial charge in [0.1, 0.15) is 0 Å². The number of para-hydroxylation sites is 1. The highest BCUT2D eigenvalue weighted by molar-refractivity contribution is 6.31. The third-order valence-electron chi connectivity index (χ3n) is 3.25. The Balaban J connectivity index is 2.20. The van der Waals surface area contributed by atoms with E-state index in [0.29, 0.717) is 16.3 Å². The normalized spacial score (nSPS) is 11.9. The van der Waals surface area contributed by atoms with E-state index in [4.69, 9.17) is 17.3 Å². The molecule has 4 heteroatoms. The highest BCUT2D eigenvalue weighted by Gasteiger charge is 2.15. The van der Waals surface area contributed by atoms with Gasteiger partial charge in [-0.15, -0.1) is 0 Å². The molecule has 0 fully saturated rings. The van der Waals surface area contributed by atoms with Gasteiger partial charge in [-0.1, -0.05) is 35.9 Å². The van der Waals surface area contributed by atoms with E-state index >= 15 is 0 Å². The lowest BCUT2D eigenvalue weighted by Crippen LogP contribution is -2.27. The lowest BCUT2D eigenvalue weighted by molar-refractivity contribution is 0.0939. The summed E-state index contributed by atoms with van der Waals surface area (Å²) in [7, 11) is 0. The van der Waals surface area contributed by atoms with Crippen LogP contribution >= 0.6 is 11.6 Å². The van der Waals surface area contributed by atoms with E-state index in [9.17, 15) is 4.79 Å². The molecule has 1 atom stereocenters. The Morgan fingerprint density at radius 3 is 2.65 bits per heavy atom. The van der Waals surface area contributed by atoms with Gasteiger partial charge in [-0.3, -0.25) is 4.79 Å². The van der Waals surface area contributed by atoms with Crippen molar-refractivity contribution in [2.24, 2.45) is 0 Å². The fourth-order valence-corrected chi connectivity index (χ4v) is 2.27. The van der Waals surface area contributed by atoms with Crippen LogP contribution in [0.2, 0.25) is 5.02 Å². The smallest absolute Gasteiger partial charge is 0.252 e. The summed E-state index contributed by atoms with van der Waals surface area (Å²) in [6.07, 6.45) is 0. The van der Waals surface area contributed by atoms with Crippen LogP contribution < -0.4 is 11.1 Å². The van der Waals surface area contributed by atoms with Crippen LogP contribution in [0.5, 0.6) is 0 Å². The Morgan fingerprint density at radius 2 is 1.95 bits per heavy atom. The van der Waals surface area contributed by atoms with Crippen LogP contribution in [0.3, 0.4) is 0 Å². The molecule has 0 aliphatic carbocycles. The Labute approximate surface area is 123 Å². The largest absolute Gasteiger partial charge is 0.398 e. The molecule has 104 valence electrons. The maximum atomic E-state index is 12.3. The number of anilines is 1. The molecule has 0 radical (unpaired) electrons. The van der Waals surface area contributed by atoms with Gasteiger partial charge in [-0.05, 0) is 43.2 Å². The highest BCUT2D eigenvalue weighted by atomic mass is 35.5. The predicted molar refractivity (Wildman–Crippen MR) is 82.9 cm³/mol. The lowest BCUT2D eigenvalue weighted by Gasteiger charge is -2.17. The second-order valence-electron chi connectivity index (χ2n) is 4.78. The number of benzene rings is 2. The van der Waals surface area contributed by atoms with E-state index in [2.05, 4.69) is 5.32 Å². The van der Waals surface area contributed by atoms with E-state index in [-0.39, 0.29) is 11.9 Å². The van der Waals surface area contributed by atoms with Crippen molar-refractivity contribution < 1.29 is 4.79 Å². The third-order valence-corrected chi connectivity index (χ3v) is 3.49. The lowest BCUT2D eigenvalue weighted by atomic mass is 10.0. The molecule has 0 aliphatic heterocycles. The molecular formula is C16H17ClN2O. The summed E-state index contributed by atoms with van der Waals surface area (Å²) in [5.74, 6) is -0.152. The van der Waals surface area contributed by atoms with Crippen LogP contribution in [0.15, 0.2) is 42.5 Å². The quantitative estimate of drug-likeness (QED) is 0.846. The first-order chi connectivity index (χ1) is 9.49. The molecule has 0 aliphatic rings. The molecule has 1 unspecified atom stereocenters. The SMILES string of the molecule is Cc1ccc(Cl)cc1C(=O)NC(C)c1ccccc1N. The minimum absolute atomic E-state index is 0.152. The van der Waals surface area contributed by atoms with Crippen molar-refractivity contribution in [2.45, 2.75) is 19.9 Å². The fraction of sp³-hybridized carbons (Fsp3) is 0.188. The van der Waals surface area contributed by atoms with E-state index < -0.39 is 0 Å². The van der Waals surface area contributed by atoms with Crippen molar-refractivity contribution in [3.8, 4) is 0 Å². The van der Waals surface area contributed by atoms with Crippen molar-refractivity contribution in [3.63, 3.8) is 0 Å². The van der Waals surface area contributed by atoms with Crippen molar-refractivity contribution in [3.05, 3.63) is 64.2 Å². The number of nitrogens with one attached hydrogen (secondary N) is 1. The number of nitrogen functional groups attached to an aromatic ring is 1. The van der Waals surface area contributed by atoms with E-state index in [1.807, 2.05) is 44.2 Å². The molecule has 0 spiro atoms. The van der Waals surface area contributed by atoms with Crippen molar-refractivity contribution >= 4 is 23.2 Å². The molecule has 20 heavy (non-hydrogen) atoms. The molecule has 3 nitrogen and oxygen atoms in total. The van der Waals surface area contributed by atoms with Gasteiger partial charge in [-0.25, -0.2) is 0 Å².